The molecule has 0 saturated carbocycles. The van der Waals surface area contributed by atoms with Gasteiger partial charge >= 0.3 is 0 Å². The van der Waals surface area contributed by atoms with Crippen molar-refractivity contribution < 1.29 is 4.74 Å². The van der Waals surface area contributed by atoms with Crippen molar-refractivity contribution in [3.8, 4) is 17.1 Å². The molecule has 0 spiro atoms. The van der Waals surface area contributed by atoms with Gasteiger partial charge in [0.15, 0.2) is 0 Å². The molecule has 38 heavy (non-hydrogen) atoms. The van der Waals surface area contributed by atoms with Crippen molar-refractivity contribution in [2.45, 2.75) is 31.2 Å². The SMILES string of the molecule is Clc1cccc2cccc(-c3nc(OCC45CCCN4CCC5)c4ccc(N5CCNCC5)nc4c3Br)c12. The highest BCUT2D eigenvalue weighted by molar-refractivity contribution is 9.10. The Bertz CT molecular complexity index is 1510. The van der Waals surface area contributed by atoms with E-state index in [-0.39, 0.29) is 5.54 Å². The van der Waals surface area contributed by atoms with Gasteiger partial charge in [0.2, 0.25) is 5.88 Å². The number of fused-ring (bicyclic) bond motifs is 3. The number of pyridine rings is 2. The Kier molecular flexibility index (Phi) is 6.43. The van der Waals surface area contributed by atoms with Gasteiger partial charge in [0, 0.05) is 42.2 Å². The van der Waals surface area contributed by atoms with Crippen LogP contribution in [0.25, 0.3) is 32.9 Å². The van der Waals surface area contributed by atoms with Crippen molar-refractivity contribution in [1.29, 1.82) is 0 Å². The number of piperazine rings is 1. The van der Waals surface area contributed by atoms with Crippen molar-refractivity contribution in [3.63, 3.8) is 0 Å². The molecule has 2 aromatic carbocycles. The Hall–Kier alpha value is -2.45. The molecule has 0 radical (unpaired) electrons. The fraction of sp³-hybridized carbons (Fsp3) is 0.400. The molecule has 3 saturated heterocycles. The number of aromatic nitrogens is 2. The minimum Gasteiger partial charge on any atom is -0.475 e. The summed E-state index contributed by atoms with van der Waals surface area (Å²) in [5.74, 6) is 1.63. The molecule has 0 amide bonds. The zero-order chi connectivity index (χ0) is 25.7. The first-order valence-electron chi connectivity index (χ1n) is 13.6. The third kappa shape index (κ3) is 4.15. The predicted octanol–water partition coefficient (Wildman–Crippen LogP) is 6.28. The van der Waals surface area contributed by atoms with Crippen LogP contribution in [0.2, 0.25) is 5.02 Å². The summed E-state index contributed by atoms with van der Waals surface area (Å²) < 4.78 is 7.55. The fourth-order valence-electron chi connectivity index (χ4n) is 6.63. The van der Waals surface area contributed by atoms with Gasteiger partial charge in [-0.15, -0.1) is 0 Å². The number of ether oxygens (including phenoxy) is 1. The standard InChI is InChI=1S/C30H31BrClN5O/c31-26-27(21-7-1-5-20-6-2-8-23(32)25(20)21)35-29(38-19-30-11-3-15-37(30)16-4-12-30)22-9-10-24(34-28(22)26)36-17-13-33-14-18-36/h1-2,5-10,33H,3-4,11-19H2. The highest BCUT2D eigenvalue weighted by Crippen LogP contribution is 2.43. The van der Waals surface area contributed by atoms with Crippen LogP contribution in [-0.2, 0) is 0 Å². The minimum absolute atomic E-state index is 0.137. The molecule has 1 N–H and O–H groups in total. The van der Waals surface area contributed by atoms with E-state index in [1.54, 1.807) is 0 Å². The van der Waals surface area contributed by atoms with Crippen molar-refractivity contribution in [2.75, 3.05) is 50.8 Å². The summed E-state index contributed by atoms with van der Waals surface area (Å²) >= 11 is 10.7. The number of nitrogens with zero attached hydrogens (tertiary/aromatic N) is 4. The van der Waals surface area contributed by atoms with E-state index in [4.69, 9.17) is 26.3 Å². The van der Waals surface area contributed by atoms with E-state index < -0.39 is 0 Å². The molecule has 3 aliphatic rings. The lowest BCUT2D eigenvalue weighted by Crippen LogP contribution is -2.44. The lowest BCUT2D eigenvalue weighted by Gasteiger charge is -2.32. The Morgan fingerprint density at radius 3 is 2.50 bits per heavy atom. The van der Waals surface area contributed by atoms with Gasteiger partial charge in [-0.25, -0.2) is 9.97 Å². The number of anilines is 1. The summed E-state index contributed by atoms with van der Waals surface area (Å²) in [6, 6.07) is 16.5. The molecule has 2 aromatic heterocycles. The first-order chi connectivity index (χ1) is 18.6. The Morgan fingerprint density at radius 1 is 0.947 bits per heavy atom. The van der Waals surface area contributed by atoms with E-state index in [0.29, 0.717) is 17.5 Å². The molecule has 0 aliphatic carbocycles. The normalized spacial score (nSPS) is 19.4. The van der Waals surface area contributed by atoms with Crippen LogP contribution in [0.15, 0.2) is 53.0 Å². The van der Waals surface area contributed by atoms with Gasteiger partial charge in [-0.05, 0) is 78.3 Å². The summed E-state index contributed by atoms with van der Waals surface area (Å²) in [5, 5.41) is 7.15. The lowest BCUT2D eigenvalue weighted by molar-refractivity contribution is 0.112. The van der Waals surface area contributed by atoms with Gasteiger partial charge in [-0.2, -0.15) is 0 Å². The summed E-state index contributed by atoms with van der Waals surface area (Å²) in [4.78, 5) is 15.3. The summed E-state index contributed by atoms with van der Waals surface area (Å²) in [6.45, 7) is 6.81. The summed E-state index contributed by atoms with van der Waals surface area (Å²) in [5.41, 5.74) is 2.79. The van der Waals surface area contributed by atoms with Crippen molar-refractivity contribution in [1.82, 2.24) is 20.2 Å². The molecule has 0 atom stereocenters. The molecule has 0 bridgehead atoms. The van der Waals surface area contributed by atoms with Gasteiger partial charge in [-0.3, -0.25) is 4.90 Å². The van der Waals surface area contributed by atoms with E-state index in [0.717, 1.165) is 69.4 Å². The average Bonchev–Trinajstić information content (AvgIpc) is 3.54. The second kappa shape index (κ2) is 9.94. The highest BCUT2D eigenvalue weighted by atomic mass is 79.9. The van der Waals surface area contributed by atoms with Crippen molar-refractivity contribution in [2.24, 2.45) is 0 Å². The van der Waals surface area contributed by atoms with Gasteiger partial charge in [-0.1, -0.05) is 41.9 Å². The predicted molar refractivity (Wildman–Crippen MR) is 159 cm³/mol. The molecule has 4 aromatic rings. The molecular weight excluding hydrogens is 562 g/mol. The molecule has 3 fully saturated rings. The number of nitrogens with one attached hydrogen (secondary N) is 1. The zero-order valence-corrected chi connectivity index (χ0v) is 23.7. The number of benzene rings is 2. The summed E-state index contributed by atoms with van der Waals surface area (Å²) in [7, 11) is 0. The van der Waals surface area contributed by atoms with E-state index in [2.05, 4.69) is 67.4 Å². The number of halogens is 2. The average molecular weight is 593 g/mol. The third-order valence-electron chi connectivity index (χ3n) is 8.58. The number of hydrogen-bond donors (Lipinski definition) is 1. The van der Waals surface area contributed by atoms with E-state index in [1.165, 1.54) is 38.8 Å². The molecule has 5 heterocycles. The quantitative estimate of drug-likeness (QED) is 0.294. The van der Waals surface area contributed by atoms with E-state index in [9.17, 15) is 0 Å². The van der Waals surface area contributed by atoms with Crippen LogP contribution < -0.4 is 15.0 Å². The minimum atomic E-state index is 0.137. The molecule has 8 heteroatoms. The van der Waals surface area contributed by atoms with Crippen LogP contribution in [0, 0.1) is 0 Å². The molecular formula is C30H31BrClN5O. The highest BCUT2D eigenvalue weighted by Gasteiger charge is 2.45. The molecule has 7 rings (SSSR count). The summed E-state index contributed by atoms with van der Waals surface area (Å²) in [6.07, 6.45) is 4.87. The van der Waals surface area contributed by atoms with E-state index in [1.807, 2.05) is 12.1 Å². The largest absolute Gasteiger partial charge is 0.475 e. The Balaban J connectivity index is 1.38. The maximum Gasteiger partial charge on any atom is 0.223 e. The Morgan fingerprint density at radius 2 is 1.71 bits per heavy atom. The van der Waals surface area contributed by atoms with Crippen molar-refractivity contribution >= 4 is 55.0 Å². The molecule has 0 unspecified atom stereocenters. The third-order valence-corrected chi connectivity index (χ3v) is 9.64. The topological polar surface area (TPSA) is 53.5 Å². The first-order valence-corrected chi connectivity index (χ1v) is 14.8. The van der Waals surface area contributed by atoms with Crippen LogP contribution in [0.1, 0.15) is 25.7 Å². The Labute approximate surface area is 236 Å². The molecule has 196 valence electrons. The maximum atomic E-state index is 6.75. The molecule has 3 aliphatic heterocycles. The van der Waals surface area contributed by atoms with Crippen LogP contribution >= 0.6 is 27.5 Å². The number of rotatable bonds is 5. The van der Waals surface area contributed by atoms with Gasteiger partial charge in [0.1, 0.15) is 12.4 Å². The van der Waals surface area contributed by atoms with Crippen LogP contribution in [0.5, 0.6) is 5.88 Å². The van der Waals surface area contributed by atoms with Crippen LogP contribution in [0.4, 0.5) is 5.82 Å². The van der Waals surface area contributed by atoms with Gasteiger partial charge < -0.3 is 15.0 Å². The second-order valence-corrected chi connectivity index (χ2v) is 11.9. The monoisotopic (exact) mass is 591 g/mol. The van der Waals surface area contributed by atoms with Gasteiger partial charge in [0.25, 0.3) is 0 Å². The fourth-order valence-corrected chi connectivity index (χ4v) is 7.51. The smallest absolute Gasteiger partial charge is 0.223 e. The van der Waals surface area contributed by atoms with Gasteiger partial charge in [0.05, 0.1) is 26.6 Å². The van der Waals surface area contributed by atoms with Crippen LogP contribution in [-0.4, -0.2) is 66.3 Å². The number of hydrogen-bond acceptors (Lipinski definition) is 6. The van der Waals surface area contributed by atoms with Crippen LogP contribution in [0.3, 0.4) is 0 Å². The zero-order valence-electron chi connectivity index (χ0n) is 21.4. The second-order valence-electron chi connectivity index (χ2n) is 10.7. The maximum absolute atomic E-state index is 6.75. The van der Waals surface area contributed by atoms with E-state index >= 15 is 0 Å². The van der Waals surface area contributed by atoms with Crippen molar-refractivity contribution in [3.05, 3.63) is 58.0 Å². The first kappa shape index (κ1) is 24.6. The lowest BCUT2D eigenvalue weighted by atomic mass is 9.95. The molecule has 6 nitrogen and oxygen atoms in total.